The summed E-state index contributed by atoms with van der Waals surface area (Å²) in [7, 11) is 0. The van der Waals surface area contributed by atoms with Gasteiger partial charge >= 0.3 is 0 Å². The van der Waals surface area contributed by atoms with Gasteiger partial charge < -0.3 is 9.73 Å². The quantitative estimate of drug-likeness (QED) is 0.879. The molecule has 88 valence electrons. The van der Waals surface area contributed by atoms with Crippen LogP contribution in [0.5, 0.6) is 0 Å². The maximum absolute atomic E-state index is 5.32. The molecule has 1 aliphatic rings. The summed E-state index contributed by atoms with van der Waals surface area (Å²) in [5.74, 6) is 2.89. The van der Waals surface area contributed by atoms with Crippen LogP contribution in [-0.2, 0) is 6.42 Å². The highest BCUT2D eigenvalue weighted by Gasteiger charge is 2.14. The topological polar surface area (TPSA) is 37.5 Å². The third-order valence-corrected chi connectivity index (χ3v) is 3.76. The molecule has 0 amide bonds. The van der Waals surface area contributed by atoms with Crippen molar-refractivity contribution in [2.45, 2.75) is 26.3 Å². The summed E-state index contributed by atoms with van der Waals surface area (Å²) in [5.41, 5.74) is 0. The van der Waals surface area contributed by atoms with E-state index in [1.807, 2.05) is 23.9 Å². The van der Waals surface area contributed by atoms with Crippen LogP contribution in [0.15, 0.2) is 27.8 Å². The van der Waals surface area contributed by atoms with Gasteiger partial charge in [-0.1, -0.05) is 18.7 Å². The van der Waals surface area contributed by atoms with E-state index in [1.165, 1.54) is 5.75 Å². The van der Waals surface area contributed by atoms with Crippen molar-refractivity contribution in [3.8, 4) is 0 Å². The molecule has 0 aliphatic carbocycles. The molecular weight excluding hydrogens is 220 g/mol. The highest BCUT2D eigenvalue weighted by Crippen LogP contribution is 2.16. The van der Waals surface area contributed by atoms with Crippen molar-refractivity contribution in [3.05, 3.63) is 24.2 Å². The van der Waals surface area contributed by atoms with Crippen LogP contribution < -0.4 is 5.32 Å². The van der Waals surface area contributed by atoms with E-state index in [0.29, 0.717) is 12.0 Å². The zero-order chi connectivity index (χ0) is 11.4. The Balaban J connectivity index is 1.81. The predicted molar refractivity (Wildman–Crippen MR) is 68.9 cm³/mol. The van der Waals surface area contributed by atoms with E-state index >= 15 is 0 Å². The van der Waals surface area contributed by atoms with Crippen LogP contribution in [0, 0.1) is 5.92 Å². The van der Waals surface area contributed by atoms with Crippen LogP contribution in [-0.4, -0.2) is 23.5 Å². The molecule has 1 N–H and O–H groups in total. The van der Waals surface area contributed by atoms with Crippen LogP contribution in [0.2, 0.25) is 0 Å². The van der Waals surface area contributed by atoms with E-state index in [0.717, 1.165) is 23.9 Å². The standard InChI is InChI=1S/C12H18N2OS/c1-9-7-13-12(16-8-9)14-10(2)6-11-4-3-5-15-11/h3-5,9-10H,6-8H2,1-2H3,(H,13,14). The molecule has 3 nitrogen and oxygen atoms in total. The number of thioether (sulfide) groups is 1. The fraction of sp³-hybridized carbons (Fsp3) is 0.583. The van der Waals surface area contributed by atoms with Crippen LogP contribution in [0.25, 0.3) is 0 Å². The smallest absolute Gasteiger partial charge is 0.156 e. The third-order valence-electron chi connectivity index (χ3n) is 2.51. The van der Waals surface area contributed by atoms with Crippen molar-refractivity contribution in [1.82, 2.24) is 5.32 Å². The zero-order valence-corrected chi connectivity index (χ0v) is 10.6. The molecule has 2 unspecified atom stereocenters. The highest BCUT2D eigenvalue weighted by molar-refractivity contribution is 8.13. The van der Waals surface area contributed by atoms with Gasteiger partial charge in [-0.15, -0.1) is 0 Å². The molecule has 4 heteroatoms. The van der Waals surface area contributed by atoms with Gasteiger partial charge in [0.1, 0.15) is 5.76 Å². The molecule has 0 fully saturated rings. The Labute approximate surface area is 101 Å². The van der Waals surface area contributed by atoms with Crippen molar-refractivity contribution < 1.29 is 4.42 Å². The summed E-state index contributed by atoms with van der Waals surface area (Å²) in [5, 5.41) is 4.51. The first kappa shape index (κ1) is 11.6. The van der Waals surface area contributed by atoms with Gasteiger partial charge in [0.2, 0.25) is 0 Å². The molecule has 0 aromatic carbocycles. The Morgan fingerprint density at radius 3 is 3.19 bits per heavy atom. The predicted octanol–water partition coefficient (Wildman–Crippen LogP) is 2.54. The van der Waals surface area contributed by atoms with E-state index in [2.05, 4.69) is 24.2 Å². The van der Waals surface area contributed by atoms with E-state index in [4.69, 9.17) is 4.42 Å². The minimum absolute atomic E-state index is 0.366. The molecule has 2 atom stereocenters. The minimum Gasteiger partial charge on any atom is -0.469 e. The molecule has 0 spiro atoms. The molecular formula is C12H18N2OS. The van der Waals surface area contributed by atoms with Gasteiger partial charge in [-0.3, -0.25) is 4.99 Å². The molecule has 1 aliphatic heterocycles. The van der Waals surface area contributed by atoms with Crippen molar-refractivity contribution in [2.75, 3.05) is 12.3 Å². The molecule has 0 saturated carbocycles. The van der Waals surface area contributed by atoms with Crippen LogP contribution >= 0.6 is 11.8 Å². The first-order valence-electron chi connectivity index (χ1n) is 5.70. The van der Waals surface area contributed by atoms with Crippen LogP contribution in [0.4, 0.5) is 0 Å². The summed E-state index contributed by atoms with van der Waals surface area (Å²) < 4.78 is 5.32. The number of aliphatic imine (C=N–C) groups is 1. The van der Waals surface area contributed by atoms with Gasteiger partial charge in [0, 0.05) is 24.8 Å². The Kier molecular flexibility index (Phi) is 3.93. The summed E-state index contributed by atoms with van der Waals surface area (Å²) in [4.78, 5) is 4.52. The molecule has 2 rings (SSSR count). The normalized spacial score (nSPS) is 22.6. The largest absolute Gasteiger partial charge is 0.469 e. The van der Waals surface area contributed by atoms with Gasteiger partial charge in [0.05, 0.1) is 6.26 Å². The second kappa shape index (κ2) is 5.43. The van der Waals surface area contributed by atoms with E-state index < -0.39 is 0 Å². The summed E-state index contributed by atoms with van der Waals surface area (Å²) >= 11 is 1.82. The lowest BCUT2D eigenvalue weighted by atomic mass is 10.2. The SMILES string of the molecule is CC1CN=C(NC(C)Cc2ccco2)SC1. The highest BCUT2D eigenvalue weighted by atomic mass is 32.2. The second-order valence-corrected chi connectivity index (χ2v) is 5.40. The Bertz CT molecular complexity index is 348. The summed E-state index contributed by atoms with van der Waals surface area (Å²) in [6.07, 6.45) is 2.62. The monoisotopic (exact) mass is 238 g/mol. The number of nitrogens with zero attached hydrogens (tertiary/aromatic N) is 1. The lowest BCUT2D eigenvalue weighted by molar-refractivity contribution is 0.482. The van der Waals surface area contributed by atoms with Crippen molar-refractivity contribution in [1.29, 1.82) is 0 Å². The van der Waals surface area contributed by atoms with Crippen molar-refractivity contribution >= 4 is 16.9 Å². The van der Waals surface area contributed by atoms with E-state index in [-0.39, 0.29) is 0 Å². The molecule has 0 bridgehead atoms. The first-order chi connectivity index (χ1) is 7.74. The second-order valence-electron chi connectivity index (χ2n) is 4.39. The zero-order valence-electron chi connectivity index (χ0n) is 9.77. The van der Waals surface area contributed by atoms with Crippen LogP contribution in [0.3, 0.4) is 0 Å². The van der Waals surface area contributed by atoms with Gasteiger partial charge in [-0.2, -0.15) is 0 Å². The average Bonchev–Trinajstić information content (AvgIpc) is 2.74. The number of hydrogen-bond acceptors (Lipinski definition) is 4. The van der Waals surface area contributed by atoms with Crippen molar-refractivity contribution in [2.24, 2.45) is 10.9 Å². The fourth-order valence-electron chi connectivity index (χ4n) is 1.64. The van der Waals surface area contributed by atoms with Gasteiger partial charge in [0.25, 0.3) is 0 Å². The number of hydrogen-bond donors (Lipinski definition) is 1. The first-order valence-corrected chi connectivity index (χ1v) is 6.69. The minimum atomic E-state index is 0.366. The number of amidine groups is 1. The maximum Gasteiger partial charge on any atom is 0.156 e. The van der Waals surface area contributed by atoms with Gasteiger partial charge in [-0.05, 0) is 25.0 Å². The van der Waals surface area contributed by atoms with E-state index in [9.17, 15) is 0 Å². The number of nitrogens with one attached hydrogen (secondary N) is 1. The summed E-state index contributed by atoms with van der Waals surface area (Å²) in [6.45, 7) is 5.34. The summed E-state index contributed by atoms with van der Waals surface area (Å²) in [6, 6.07) is 4.30. The Morgan fingerprint density at radius 1 is 1.69 bits per heavy atom. The molecule has 16 heavy (non-hydrogen) atoms. The van der Waals surface area contributed by atoms with E-state index in [1.54, 1.807) is 6.26 Å². The Morgan fingerprint density at radius 2 is 2.56 bits per heavy atom. The van der Waals surface area contributed by atoms with Crippen molar-refractivity contribution in [3.63, 3.8) is 0 Å². The Hall–Kier alpha value is -0.900. The lowest BCUT2D eigenvalue weighted by Gasteiger charge is -2.21. The maximum atomic E-state index is 5.32. The third kappa shape index (κ3) is 3.30. The fourth-order valence-corrected chi connectivity index (χ4v) is 2.64. The molecule has 0 radical (unpaired) electrons. The lowest BCUT2D eigenvalue weighted by Crippen LogP contribution is -2.34. The molecule has 0 saturated heterocycles. The molecule has 1 aromatic rings. The number of rotatable bonds is 3. The molecule has 1 aromatic heterocycles. The van der Waals surface area contributed by atoms with Crippen LogP contribution in [0.1, 0.15) is 19.6 Å². The molecule has 2 heterocycles. The van der Waals surface area contributed by atoms with Gasteiger partial charge in [0.15, 0.2) is 5.17 Å². The van der Waals surface area contributed by atoms with Gasteiger partial charge in [-0.25, -0.2) is 0 Å². The number of furan rings is 1. The average molecular weight is 238 g/mol.